The molecule has 0 amide bonds. The number of ether oxygens (including phenoxy) is 1. The van der Waals surface area contributed by atoms with Crippen molar-refractivity contribution in [1.82, 2.24) is 0 Å². The van der Waals surface area contributed by atoms with E-state index in [2.05, 4.69) is 0 Å². The first-order valence-corrected chi connectivity index (χ1v) is 4.59. The Morgan fingerprint density at radius 1 is 1.17 bits per heavy atom. The molecule has 3 nitrogen and oxygen atoms in total. The van der Waals surface area contributed by atoms with Gasteiger partial charge in [-0.25, -0.2) is 0 Å². The molecular weight excluding hydrogens is 156 g/mol. The molecule has 12 heavy (non-hydrogen) atoms. The Bertz CT molecular complexity index is 144. The van der Waals surface area contributed by atoms with Crippen LogP contribution < -0.4 is 0 Å². The van der Waals surface area contributed by atoms with Crippen LogP contribution in [-0.4, -0.2) is 28.7 Å². The zero-order valence-electron chi connectivity index (χ0n) is 7.90. The molecule has 1 aliphatic heterocycles. The second-order valence-electron chi connectivity index (χ2n) is 3.68. The summed E-state index contributed by atoms with van der Waals surface area (Å²) in [5.41, 5.74) is 0. The van der Waals surface area contributed by atoms with Gasteiger partial charge in [-0.05, 0) is 6.42 Å². The highest BCUT2D eigenvalue weighted by Gasteiger charge is 2.38. The monoisotopic (exact) mass is 174 g/mol. The Labute approximate surface area is 73.4 Å². The summed E-state index contributed by atoms with van der Waals surface area (Å²) in [6, 6.07) is 0. The van der Waals surface area contributed by atoms with Crippen molar-refractivity contribution in [3.63, 3.8) is 0 Å². The van der Waals surface area contributed by atoms with Gasteiger partial charge in [0.2, 0.25) is 0 Å². The Hall–Kier alpha value is -0.120. The van der Waals surface area contributed by atoms with Gasteiger partial charge in [0.05, 0.1) is 12.2 Å². The van der Waals surface area contributed by atoms with E-state index < -0.39 is 12.4 Å². The summed E-state index contributed by atoms with van der Waals surface area (Å²) >= 11 is 0. The predicted octanol–water partition coefficient (Wildman–Crippen LogP) is 0.747. The highest BCUT2D eigenvalue weighted by Crippen LogP contribution is 2.30. The van der Waals surface area contributed by atoms with E-state index in [0.717, 1.165) is 6.42 Å². The quantitative estimate of drug-likeness (QED) is 0.616. The van der Waals surface area contributed by atoms with Crippen molar-refractivity contribution in [1.29, 1.82) is 0 Å². The molecule has 0 aromatic carbocycles. The topological polar surface area (TPSA) is 49.7 Å². The lowest BCUT2D eigenvalue weighted by molar-refractivity contribution is -0.241. The first kappa shape index (κ1) is 9.96. The van der Waals surface area contributed by atoms with Crippen molar-refractivity contribution in [3.8, 4) is 0 Å². The van der Waals surface area contributed by atoms with Gasteiger partial charge in [0.25, 0.3) is 0 Å². The van der Waals surface area contributed by atoms with Crippen molar-refractivity contribution < 1.29 is 14.9 Å². The highest BCUT2D eigenvalue weighted by atomic mass is 16.6. The second kappa shape index (κ2) is 3.73. The van der Waals surface area contributed by atoms with Gasteiger partial charge >= 0.3 is 0 Å². The lowest BCUT2D eigenvalue weighted by atomic mass is 9.85. The van der Waals surface area contributed by atoms with Crippen molar-refractivity contribution in [2.45, 2.75) is 45.7 Å². The maximum Gasteiger partial charge on any atom is 0.159 e. The summed E-state index contributed by atoms with van der Waals surface area (Å²) in [6.07, 6.45) is -0.423. The molecule has 2 N–H and O–H groups in total. The Balaban J connectivity index is 2.63. The molecular formula is C9H18O3. The third kappa shape index (κ3) is 1.63. The molecule has 0 radical (unpaired) electrons. The molecule has 0 aliphatic carbocycles. The van der Waals surface area contributed by atoms with Crippen LogP contribution in [0.2, 0.25) is 0 Å². The maximum atomic E-state index is 9.68. The molecule has 0 spiro atoms. The normalized spacial score (nSPS) is 49.2. The van der Waals surface area contributed by atoms with Crippen molar-refractivity contribution >= 4 is 0 Å². The van der Waals surface area contributed by atoms with Gasteiger partial charge in [-0.3, -0.25) is 0 Å². The second-order valence-corrected chi connectivity index (χ2v) is 3.68. The van der Waals surface area contributed by atoms with Gasteiger partial charge < -0.3 is 14.9 Å². The van der Waals surface area contributed by atoms with Crippen LogP contribution in [0.25, 0.3) is 0 Å². The van der Waals surface area contributed by atoms with Crippen molar-refractivity contribution in [3.05, 3.63) is 0 Å². The van der Waals surface area contributed by atoms with E-state index in [-0.39, 0.29) is 17.9 Å². The lowest BCUT2D eigenvalue weighted by Crippen LogP contribution is -2.48. The number of aliphatic hydroxyl groups is 2. The molecule has 1 saturated heterocycles. The first-order valence-electron chi connectivity index (χ1n) is 4.59. The molecule has 72 valence electrons. The summed E-state index contributed by atoms with van der Waals surface area (Å²) < 4.78 is 5.33. The summed E-state index contributed by atoms with van der Waals surface area (Å²) in [4.78, 5) is 0. The van der Waals surface area contributed by atoms with Crippen LogP contribution in [0.15, 0.2) is 0 Å². The Morgan fingerprint density at radius 3 is 2.25 bits per heavy atom. The smallest absolute Gasteiger partial charge is 0.159 e. The molecule has 1 unspecified atom stereocenters. The number of aliphatic hydroxyl groups excluding tert-OH is 2. The molecule has 3 heteroatoms. The van der Waals surface area contributed by atoms with E-state index in [0.29, 0.717) is 0 Å². The molecule has 5 atom stereocenters. The molecule has 0 aromatic rings. The largest absolute Gasteiger partial charge is 0.392 e. The average molecular weight is 174 g/mol. The molecule has 1 aliphatic rings. The average Bonchev–Trinajstić information content (AvgIpc) is 2.08. The maximum absolute atomic E-state index is 9.68. The first-order chi connectivity index (χ1) is 5.57. The van der Waals surface area contributed by atoms with Crippen LogP contribution in [0.3, 0.4) is 0 Å². The zero-order chi connectivity index (χ0) is 9.30. The minimum atomic E-state index is -0.804. The molecule has 0 saturated carbocycles. The van der Waals surface area contributed by atoms with E-state index in [1.54, 1.807) is 6.92 Å². The van der Waals surface area contributed by atoms with E-state index in [9.17, 15) is 10.2 Å². The summed E-state index contributed by atoms with van der Waals surface area (Å²) in [7, 11) is 0. The highest BCUT2D eigenvalue weighted by molar-refractivity contribution is 4.83. The summed E-state index contributed by atoms with van der Waals surface area (Å²) in [5, 5.41) is 19.1. The van der Waals surface area contributed by atoms with E-state index >= 15 is 0 Å². The molecule has 0 bridgehead atoms. The summed E-state index contributed by atoms with van der Waals surface area (Å²) in [6.45, 7) is 5.76. The third-order valence-electron chi connectivity index (χ3n) is 2.83. The van der Waals surface area contributed by atoms with Gasteiger partial charge in [-0.15, -0.1) is 0 Å². The Morgan fingerprint density at radius 2 is 1.75 bits per heavy atom. The van der Waals surface area contributed by atoms with E-state index in [1.165, 1.54) is 0 Å². The lowest BCUT2D eigenvalue weighted by Gasteiger charge is -2.40. The van der Waals surface area contributed by atoms with Crippen LogP contribution in [0.5, 0.6) is 0 Å². The SMILES string of the molecule is CC[C@H]1OC(O)[C@H](C)[C@@H](O)[C@@H]1C. The number of hydrogen-bond donors (Lipinski definition) is 2. The fraction of sp³-hybridized carbons (Fsp3) is 1.00. The van der Waals surface area contributed by atoms with Crippen LogP contribution in [0.1, 0.15) is 27.2 Å². The molecule has 1 rings (SSSR count). The minimum Gasteiger partial charge on any atom is -0.392 e. The standard InChI is InChI=1S/C9H18O3/c1-4-7-5(2)8(10)6(3)9(11)12-7/h5-11H,4H2,1-3H3/t5-,6-,7-,8+,9?/m1/s1. The van der Waals surface area contributed by atoms with Crippen molar-refractivity contribution in [2.75, 3.05) is 0 Å². The zero-order valence-corrected chi connectivity index (χ0v) is 7.90. The van der Waals surface area contributed by atoms with Gasteiger partial charge in [-0.2, -0.15) is 0 Å². The molecule has 1 heterocycles. The number of rotatable bonds is 1. The van der Waals surface area contributed by atoms with Gasteiger partial charge in [-0.1, -0.05) is 20.8 Å². The van der Waals surface area contributed by atoms with Gasteiger partial charge in [0, 0.05) is 11.8 Å². The predicted molar refractivity (Wildman–Crippen MR) is 45.5 cm³/mol. The summed E-state index contributed by atoms with van der Waals surface area (Å²) in [5.74, 6) is -0.0591. The number of hydrogen-bond acceptors (Lipinski definition) is 3. The van der Waals surface area contributed by atoms with Crippen LogP contribution >= 0.6 is 0 Å². The molecule has 1 fully saturated rings. The van der Waals surface area contributed by atoms with Gasteiger partial charge in [0.1, 0.15) is 0 Å². The van der Waals surface area contributed by atoms with Gasteiger partial charge in [0.15, 0.2) is 6.29 Å². The minimum absolute atomic E-state index is 0.00815. The van der Waals surface area contributed by atoms with Crippen LogP contribution in [0.4, 0.5) is 0 Å². The van der Waals surface area contributed by atoms with E-state index in [4.69, 9.17) is 4.74 Å². The fourth-order valence-electron chi connectivity index (χ4n) is 1.76. The van der Waals surface area contributed by atoms with E-state index in [1.807, 2.05) is 13.8 Å². The fourth-order valence-corrected chi connectivity index (χ4v) is 1.76. The van der Waals surface area contributed by atoms with Crippen molar-refractivity contribution in [2.24, 2.45) is 11.8 Å². The third-order valence-corrected chi connectivity index (χ3v) is 2.83. The van der Waals surface area contributed by atoms with Crippen LogP contribution in [-0.2, 0) is 4.74 Å². The molecule has 0 aromatic heterocycles. The Kier molecular flexibility index (Phi) is 3.09. The van der Waals surface area contributed by atoms with Crippen LogP contribution in [0, 0.1) is 11.8 Å².